The normalized spacial score (nSPS) is 10.4. The Hall–Kier alpha value is -3.54. The molecule has 0 unspecified atom stereocenters. The van der Waals surface area contributed by atoms with Crippen LogP contribution in [-0.2, 0) is 6.54 Å². The summed E-state index contributed by atoms with van der Waals surface area (Å²) in [5, 5.41) is 5.53. The number of nitrogens with zero attached hydrogens (tertiary/aromatic N) is 1. The molecule has 0 spiro atoms. The van der Waals surface area contributed by atoms with Gasteiger partial charge in [0.05, 0.1) is 0 Å². The minimum Gasteiger partial charge on any atom is -0.348 e. The van der Waals surface area contributed by atoms with E-state index in [0.717, 1.165) is 16.7 Å². The fourth-order valence-electron chi connectivity index (χ4n) is 2.60. The number of halogens is 1. The Morgan fingerprint density at radius 1 is 0.929 bits per heavy atom. The Balaban J connectivity index is 1.66. The van der Waals surface area contributed by atoms with Gasteiger partial charge in [-0.05, 0) is 66.9 Å². The maximum Gasteiger partial charge on any atom is 0.274 e. The van der Waals surface area contributed by atoms with Crippen molar-refractivity contribution in [2.24, 2.45) is 0 Å². The SMILES string of the molecule is Cc1ccc(NC(=O)c2cc(C(=O)NCc3ccc(F)cc3)ccn2)cc1C. The Kier molecular flexibility index (Phi) is 5.79. The van der Waals surface area contributed by atoms with Crippen LogP contribution in [0, 0.1) is 19.7 Å². The summed E-state index contributed by atoms with van der Waals surface area (Å²) >= 11 is 0. The molecule has 0 bridgehead atoms. The van der Waals surface area contributed by atoms with E-state index in [0.29, 0.717) is 11.3 Å². The summed E-state index contributed by atoms with van der Waals surface area (Å²) in [6, 6.07) is 14.5. The number of amides is 2. The first-order valence-corrected chi connectivity index (χ1v) is 8.79. The van der Waals surface area contributed by atoms with Gasteiger partial charge in [-0.2, -0.15) is 0 Å². The minimum atomic E-state index is -0.392. The Labute approximate surface area is 162 Å². The van der Waals surface area contributed by atoms with Crippen LogP contribution in [0.25, 0.3) is 0 Å². The van der Waals surface area contributed by atoms with Crippen molar-refractivity contribution in [2.45, 2.75) is 20.4 Å². The molecule has 2 N–H and O–H groups in total. The second-order valence-corrected chi connectivity index (χ2v) is 6.49. The van der Waals surface area contributed by atoms with Gasteiger partial charge in [0.25, 0.3) is 11.8 Å². The topological polar surface area (TPSA) is 71.1 Å². The van der Waals surface area contributed by atoms with E-state index in [9.17, 15) is 14.0 Å². The van der Waals surface area contributed by atoms with Crippen LogP contribution in [0.4, 0.5) is 10.1 Å². The predicted octanol–water partition coefficient (Wildman–Crippen LogP) is 4.02. The van der Waals surface area contributed by atoms with E-state index >= 15 is 0 Å². The molecular formula is C22H20FN3O2. The number of aryl methyl sites for hydroxylation is 2. The molecular weight excluding hydrogens is 357 g/mol. The molecule has 0 saturated heterocycles. The van der Waals surface area contributed by atoms with E-state index < -0.39 is 5.91 Å². The number of hydrogen-bond acceptors (Lipinski definition) is 3. The molecule has 0 fully saturated rings. The number of benzene rings is 2. The second kappa shape index (κ2) is 8.43. The fourth-order valence-corrected chi connectivity index (χ4v) is 2.60. The lowest BCUT2D eigenvalue weighted by molar-refractivity contribution is 0.0951. The van der Waals surface area contributed by atoms with Crippen LogP contribution >= 0.6 is 0 Å². The van der Waals surface area contributed by atoms with Gasteiger partial charge in [-0.15, -0.1) is 0 Å². The van der Waals surface area contributed by atoms with Gasteiger partial charge in [0.15, 0.2) is 0 Å². The average molecular weight is 377 g/mol. The first-order valence-electron chi connectivity index (χ1n) is 8.79. The molecule has 2 amide bonds. The predicted molar refractivity (Wildman–Crippen MR) is 106 cm³/mol. The largest absolute Gasteiger partial charge is 0.348 e. The van der Waals surface area contributed by atoms with Crippen molar-refractivity contribution in [2.75, 3.05) is 5.32 Å². The van der Waals surface area contributed by atoms with E-state index in [1.165, 1.54) is 30.5 Å². The van der Waals surface area contributed by atoms with Crippen LogP contribution in [0.5, 0.6) is 0 Å². The third-order valence-electron chi connectivity index (χ3n) is 4.39. The molecule has 5 nitrogen and oxygen atoms in total. The smallest absolute Gasteiger partial charge is 0.274 e. The highest BCUT2D eigenvalue weighted by Gasteiger charge is 2.12. The molecule has 0 aliphatic rings. The van der Waals surface area contributed by atoms with E-state index in [-0.39, 0.29) is 24.0 Å². The van der Waals surface area contributed by atoms with Crippen LogP contribution in [0.1, 0.15) is 37.5 Å². The number of pyridine rings is 1. The number of hydrogen-bond donors (Lipinski definition) is 2. The van der Waals surface area contributed by atoms with Crippen LogP contribution in [0.15, 0.2) is 60.8 Å². The third-order valence-corrected chi connectivity index (χ3v) is 4.39. The molecule has 0 aliphatic carbocycles. The van der Waals surface area contributed by atoms with Gasteiger partial charge >= 0.3 is 0 Å². The van der Waals surface area contributed by atoms with Gasteiger partial charge in [-0.25, -0.2) is 4.39 Å². The molecule has 3 rings (SSSR count). The van der Waals surface area contributed by atoms with Crippen molar-refractivity contribution in [1.82, 2.24) is 10.3 Å². The van der Waals surface area contributed by atoms with Crippen molar-refractivity contribution in [3.05, 3.63) is 94.6 Å². The van der Waals surface area contributed by atoms with Gasteiger partial charge in [0.1, 0.15) is 11.5 Å². The third kappa shape index (κ3) is 4.79. The zero-order valence-corrected chi connectivity index (χ0v) is 15.6. The molecule has 1 aromatic heterocycles. The molecule has 0 radical (unpaired) electrons. The lowest BCUT2D eigenvalue weighted by atomic mass is 10.1. The Morgan fingerprint density at radius 3 is 2.39 bits per heavy atom. The number of aromatic nitrogens is 1. The van der Waals surface area contributed by atoms with Gasteiger partial charge in [-0.1, -0.05) is 18.2 Å². The molecule has 28 heavy (non-hydrogen) atoms. The second-order valence-electron chi connectivity index (χ2n) is 6.49. The van der Waals surface area contributed by atoms with Crippen LogP contribution in [-0.4, -0.2) is 16.8 Å². The molecule has 1 heterocycles. The first kappa shape index (κ1) is 19.2. The van der Waals surface area contributed by atoms with Crippen molar-refractivity contribution in [3.8, 4) is 0 Å². The monoisotopic (exact) mass is 377 g/mol. The number of carbonyl (C=O) groups excluding carboxylic acids is 2. The summed E-state index contributed by atoms with van der Waals surface area (Å²) in [5.41, 5.74) is 4.11. The van der Waals surface area contributed by atoms with Crippen LogP contribution in [0.3, 0.4) is 0 Å². The molecule has 2 aromatic carbocycles. The number of nitrogens with one attached hydrogen (secondary N) is 2. The first-order chi connectivity index (χ1) is 13.4. The van der Waals surface area contributed by atoms with Crippen molar-refractivity contribution < 1.29 is 14.0 Å². The van der Waals surface area contributed by atoms with E-state index in [1.54, 1.807) is 12.1 Å². The van der Waals surface area contributed by atoms with E-state index in [1.807, 2.05) is 32.0 Å². The minimum absolute atomic E-state index is 0.146. The summed E-state index contributed by atoms with van der Waals surface area (Å²) in [6.45, 7) is 4.22. The lowest BCUT2D eigenvalue weighted by Crippen LogP contribution is -2.23. The van der Waals surface area contributed by atoms with Crippen molar-refractivity contribution in [3.63, 3.8) is 0 Å². The summed E-state index contributed by atoms with van der Waals surface area (Å²) < 4.78 is 12.9. The molecule has 3 aromatic rings. The molecule has 0 aliphatic heterocycles. The number of carbonyl (C=O) groups is 2. The maximum atomic E-state index is 12.9. The number of rotatable bonds is 5. The average Bonchev–Trinajstić information content (AvgIpc) is 2.70. The molecule has 0 atom stereocenters. The highest BCUT2D eigenvalue weighted by molar-refractivity contribution is 6.04. The summed E-state index contributed by atoms with van der Waals surface area (Å²) in [6.07, 6.45) is 1.42. The van der Waals surface area contributed by atoms with Crippen LogP contribution in [0.2, 0.25) is 0 Å². The lowest BCUT2D eigenvalue weighted by Gasteiger charge is -2.09. The Morgan fingerprint density at radius 2 is 1.68 bits per heavy atom. The summed E-state index contributed by atoms with van der Waals surface area (Å²) in [4.78, 5) is 28.9. The maximum absolute atomic E-state index is 12.9. The standard InChI is InChI=1S/C22H20FN3O2/c1-14-3-8-19(11-15(14)2)26-22(28)20-12-17(9-10-24-20)21(27)25-13-16-4-6-18(23)7-5-16/h3-12H,13H2,1-2H3,(H,25,27)(H,26,28). The van der Waals surface area contributed by atoms with Gasteiger partial charge in [0, 0.05) is 24.0 Å². The zero-order valence-electron chi connectivity index (χ0n) is 15.6. The summed E-state index contributed by atoms with van der Waals surface area (Å²) in [5.74, 6) is -1.06. The molecule has 6 heteroatoms. The highest BCUT2D eigenvalue weighted by Crippen LogP contribution is 2.15. The van der Waals surface area contributed by atoms with Crippen molar-refractivity contribution in [1.29, 1.82) is 0 Å². The molecule has 0 saturated carbocycles. The fraction of sp³-hybridized carbons (Fsp3) is 0.136. The van der Waals surface area contributed by atoms with Crippen LogP contribution < -0.4 is 10.6 Å². The van der Waals surface area contributed by atoms with Gasteiger partial charge < -0.3 is 10.6 Å². The van der Waals surface area contributed by atoms with E-state index in [4.69, 9.17) is 0 Å². The zero-order chi connectivity index (χ0) is 20.1. The highest BCUT2D eigenvalue weighted by atomic mass is 19.1. The van der Waals surface area contributed by atoms with E-state index in [2.05, 4.69) is 15.6 Å². The Bertz CT molecular complexity index is 1020. The van der Waals surface area contributed by atoms with Gasteiger partial charge in [0.2, 0.25) is 0 Å². The number of anilines is 1. The molecule has 142 valence electrons. The van der Waals surface area contributed by atoms with Crippen molar-refractivity contribution >= 4 is 17.5 Å². The summed E-state index contributed by atoms with van der Waals surface area (Å²) in [7, 11) is 0. The van der Waals surface area contributed by atoms with Gasteiger partial charge in [-0.3, -0.25) is 14.6 Å². The quantitative estimate of drug-likeness (QED) is 0.705.